The average molecular weight is 739 g/mol. The van der Waals surface area contributed by atoms with Crippen LogP contribution in [0.25, 0.3) is 0 Å². The summed E-state index contributed by atoms with van der Waals surface area (Å²) in [5.74, 6) is -2.45. The van der Waals surface area contributed by atoms with Crippen molar-refractivity contribution < 1.29 is 76.1 Å². The van der Waals surface area contributed by atoms with Crippen molar-refractivity contribution in [2.45, 2.75) is 114 Å². The summed E-state index contributed by atoms with van der Waals surface area (Å²) in [6.45, 7) is 7.57. The van der Waals surface area contributed by atoms with E-state index in [9.17, 15) is 28.8 Å². The van der Waals surface area contributed by atoms with Crippen LogP contribution in [0.1, 0.15) is 77.0 Å². The summed E-state index contributed by atoms with van der Waals surface area (Å²) in [7, 11) is 0. The molecule has 2 saturated heterocycles. The molecule has 0 amide bonds. The SMILES string of the molecule is C=CC(=O)OCCCCOC(=O)OC1CCC(C(=O)O[C@H]2CO[C@H]3[C@@H]2OC[C@H]3OC(=O)C2CCC(OC(=O)OCCCCOC(=O)C=C)CC2)CC1. The third-order valence-corrected chi connectivity index (χ3v) is 9.38. The number of hydrogen-bond donors (Lipinski definition) is 0. The average Bonchev–Trinajstić information content (AvgIpc) is 3.74. The monoisotopic (exact) mass is 738 g/mol. The van der Waals surface area contributed by atoms with Gasteiger partial charge >= 0.3 is 36.2 Å². The molecule has 0 N–H and O–H groups in total. The maximum absolute atomic E-state index is 13.0. The minimum atomic E-state index is -0.772. The predicted molar refractivity (Wildman–Crippen MR) is 176 cm³/mol. The van der Waals surface area contributed by atoms with Crippen LogP contribution in [-0.2, 0) is 66.5 Å². The van der Waals surface area contributed by atoms with Crippen molar-refractivity contribution in [3.05, 3.63) is 25.3 Å². The molecule has 4 atom stereocenters. The predicted octanol–water partition coefficient (Wildman–Crippen LogP) is 4.05. The van der Waals surface area contributed by atoms with Crippen molar-refractivity contribution in [3.8, 4) is 0 Å². The van der Waals surface area contributed by atoms with Crippen molar-refractivity contribution >= 4 is 36.2 Å². The topological polar surface area (TPSA) is 195 Å². The van der Waals surface area contributed by atoms with Gasteiger partial charge in [-0.05, 0) is 77.0 Å². The zero-order valence-electron chi connectivity index (χ0n) is 29.4. The van der Waals surface area contributed by atoms with Gasteiger partial charge in [-0.1, -0.05) is 13.2 Å². The lowest BCUT2D eigenvalue weighted by molar-refractivity contribution is -0.162. The number of hydrogen-bond acceptors (Lipinski definition) is 16. The highest BCUT2D eigenvalue weighted by Crippen LogP contribution is 2.35. The molecule has 0 radical (unpaired) electrons. The number of carbonyl (C=O) groups excluding carboxylic acids is 6. The first-order valence-corrected chi connectivity index (χ1v) is 18.1. The third kappa shape index (κ3) is 13.1. The molecule has 16 heteroatoms. The number of ether oxygens (including phenoxy) is 10. The maximum Gasteiger partial charge on any atom is 0.508 e. The first-order chi connectivity index (χ1) is 25.2. The van der Waals surface area contributed by atoms with Gasteiger partial charge in [0.05, 0.1) is 51.5 Å². The first-order valence-electron chi connectivity index (χ1n) is 18.1. The first kappa shape index (κ1) is 40.6. The van der Waals surface area contributed by atoms with E-state index in [1.165, 1.54) is 0 Å². The smallest absolute Gasteiger partial charge is 0.463 e. The summed E-state index contributed by atoms with van der Waals surface area (Å²) in [6, 6.07) is 0. The Morgan fingerprint density at radius 3 is 1.19 bits per heavy atom. The minimum absolute atomic E-state index is 0.122. The summed E-state index contributed by atoms with van der Waals surface area (Å²) in [5, 5.41) is 0. The van der Waals surface area contributed by atoms with Crippen LogP contribution in [0.3, 0.4) is 0 Å². The molecule has 2 aliphatic heterocycles. The fourth-order valence-electron chi connectivity index (χ4n) is 6.48. The lowest BCUT2D eigenvalue weighted by Crippen LogP contribution is -2.38. The zero-order chi connectivity index (χ0) is 37.3. The molecule has 0 aromatic carbocycles. The molecule has 290 valence electrons. The molecule has 0 spiro atoms. The van der Waals surface area contributed by atoms with Crippen molar-refractivity contribution in [2.75, 3.05) is 39.6 Å². The molecule has 16 nitrogen and oxygen atoms in total. The molecule has 4 rings (SSSR count). The number of carbonyl (C=O) groups is 6. The molecule has 4 aliphatic rings. The van der Waals surface area contributed by atoms with Crippen LogP contribution < -0.4 is 0 Å². The normalized spacial score (nSPS) is 27.9. The number of fused-ring (bicyclic) bond motifs is 1. The Kier molecular flexibility index (Phi) is 16.7. The quantitative estimate of drug-likeness (QED) is 0.0845. The van der Waals surface area contributed by atoms with Crippen molar-refractivity contribution in [1.82, 2.24) is 0 Å². The molecule has 2 saturated carbocycles. The lowest BCUT2D eigenvalue weighted by atomic mass is 9.87. The van der Waals surface area contributed by atoms with Gasteiger partial charge in [0.1, 0.15) is 24.4 Å². The van der Waals surface area contributed by atoms with E-state index in [0.29, 0.717) is 77.0 Å². The number of unbranched alkanes of at least 4 members (excludes halogenated alkanes) is 2. The Bertz CT molecular complexity index is 1140. The second-order valence-corrected chi connectivity index (χ2v) is 13.1. The summed E-state index contributed by atoms with van der Waals surface area (Å²) >= 11 is 0. The van der Waals surface area contributed by atoms with Crippen molar-refractivity contribution in [3.63, 3.8) is 0 Å². The van der Waals surface area contributed by atoms with Crippen molar-refractivity contribution in [2.24, 2.45) is 11.8 Å². The highest BCUT2D eigenvalue weighted by Gasteiger charge is 2.52. The minimum Gasteiger partial charge on any atom is -0.463 e. The van der Waals surface area contributed by atoms with Gasteiger partial charge in [-0.3, -0.25) is 9.59 Å². The molecular formula is C36H50O16. The van der Waals surface area contributed by atoms with E-state index in [2.05, 4.69) is 13.2 Å². The Labute approximate surface area is 302 Å². The molecule has 0 bridgehead atoms. The van der Waals surface area contributed by atoms with Crippen LogP contribution in [0.15, 0.2) is 25.3 Å². The van der Waals surface area contributed by atoms with Crippen LogP contribution in [-0.4, -0.2) is 112 Å². The summed E-state index contributed by atoms with van der Waals surface area (Å²) in [4.78, 5) is 72.1. The highest BCUT2D eigenvalue weighted by atomic mass is 16.7. The van der Waals surface area contributed by atoms with E-state index in [4.69, 9.17) is 47.4 Å². The van der Waals surface area contributed by atoms with Crippen LogP contribution in [0.4, 0.5) is 9.59 Å². The molecule has 2 aliphatic carbocycles. The van der Waals surface area contributed by atoms with Crippen LogP contribution in [0, 0.1) is 11.8 Å². The van der Waals surface area contributed by atoms with Crippen molar-refractivity contribution in [1.29, 1.82) is 0 Å². The largest absolute Gasteiger partial charge is 0.508 e. The van der Waals surface area contributed by atoms with Crippen LogP contribution in [0.2, 0.25) is 0 Å². The summed E-state index contributed by atoms with van der Waals surface area (Å²) in [5.41, 5.74) is 0. The van der Waals surface area contributed by atoms with E-state index in [1.54, 1.807) is 0 Å². The molecule has 4 fully saturated rings. The van der Waals surface area contributed by atoms with Crippen LogP contribution in [0.5, 0.6) is 0 Å². The standard InChI is InChI=1S/C36H50O16/c1-3-29(37)43-17-5-7-19-45-35(41)49-25-13-9-23(10-14-25)33(39)51-27-21-47-32-28(22-48-31(27)32)52-34(40)24-11-15-26(16-12-24)50-36(42)46-20-8-6-18-44-30(38)4-2/h3-4,23-28,31-32H,1-2,5-22H2/t23?,24?,25?,26?,27-,28+,31-,32-/m1/s1. The van der Waals surface area contributed by atoms with E-state index in [1.807, 2.05) is 0 Å². The fraction of sp³-hybridized carbons (Fsp3) is 0.722. The van der Waals surface area contributed by atoms with E-state index in [0.717, 1.165) is 12.2 Å². The Morgan fingerprint density at radius 2 is 0.846 bits per heavy atom. The summed E-state index contributed by atoms with van der Waals surface area (Å²) in [6.07, 6.45) is 3.53. The van der Waals surface area contributed by atoms with Gasteiger partial charge in [0.15, 0.2) is 12.2 Å². The second-order valence-electron chi connectivity index (χ2n) is 13.1. The molecule has 0 aromatic rings. The lowest BCUT2D eigenvalue weighted by Gasteiger charge is -2.28. The molecule has 52 heavy (non-hydrogen) atoms. The third-order valence-electron chi connectivity index (χ3n) is 9.38. The fourth-order valence-corrected chi connectivity index (χ4v) is 6.48. The van der Waals surface area contributed by atoms with Gasteiger partial charge in [-0.25, -0.2) is 19.2 Å². The molecule has 0 aromatic heterocycles. The Morgan fingerprint density at radius 1 is 0.500 bits per heavy atom. The van der Waals surface area contributed by atoms with Gasteiger partial charge in [0, 0.05) is 12.2 Å². The van der Waals surface area contributed by atoms with E-state index in [-0.39, 0.29) is 75.6 Å². The van der Waals surface area contributed by atoms with Crippen LogP contribution >= 0.6 is 0 Å². The van der Waals surface area contributed by atoms with E-state index >= 15 is 0 Å². The second kappa shape index (κ2) is 21.4. The summed E-state index contributed by atoms with van der Waals surface area (Å²) < 4.78 is 54.0. The Balaban J connectivity index is 1.05. The number of esters is 4. The highest BCUT2D eigenvalue weighted by molar-refractivity contribution is 5.81. The van der Waals surface area contributed by atoms with Gasteiger partial charge < -0.3 is 47.4 Å². The maximum atomic E-state index is 13.0. The zero-order valence-corrected chi connectivity index (χ0v) is 29.4. The van der Waals surface area contributed by atoms with Gasteiger partial charge in [0.25, 0.3) is 0 Å². The molecule has 2 heterocycles. The molecular weight excluding hydrogens is 688 g/mol. The number of rotatable bonds is 18. The molecule has 0 unspecified atom stereocenters. The Hall–Kier alpha value is -4.18. The van der Waals surface area contributed by atoms with E-state index < -0.39 is 48.7 Å². The van der Waals surface area contributed by atoms with Gasteiger partial charge in [-0.15, -0.1) is 0 Å². The van der Waals surface area contributed by atoms with Gasteiger partial charge in [0.2, 0.25) is 0 Å². The van der Waals surface area contributed by atoms with Gasteiger partial charge in [-0.2, -0.15) is 0 Å².